The summed E-state index contributed by atoms with van der Waals surface area (Å²) in [6.07, 6.45) is -2.55. The number of aryl methyl sites for hydroxylation is 1. The van der Waals surface area contributed by atoms with E-state index in [0.29, 0.717) is 11.2 Å². The van der Waals surface area contributed by atoms with Crippen LogP contribution in [0.4, 0.5) is 14.5 Å². The predicted molar refractivity (Wildman–Crippen MR) is 61.0 cm³/mol. The van der Waals surface area contributed by atoms with Crippen molar-refractivity contribution >= 4 is 16.6 Å². The number of pyridine rings is 1. The van der Waals surface area contributed by atoms with E-state index in [4.69, 9.17) is 0 Å². The average Bonchev–Trinajstić information content (AvgIpc) is 2.28. The molecule has 0 atom stereocenters. The maximum Gasteiger partial charge on any atom is 0.280 e. The quantitative estimate of drug-likeness (QED) is 0.840. The number of halogens is 2. The standard InChI is InChI=1S/C12H12F2N2/c1-7-4-3-5-8-9(15-2)6-10(12(13)14)16-11(7)8/h3-6,12H,1-2H3,(H,15,16). The number of benzene rings is 1. The number of fused-ring (bicyclic) bond motifs is 1. The fourth-order valence-electron chi connectivity index (χ4n) is 1.73. The first-order valence-electron chi connectivity index (χ1n) is 4.99. The Labute approximate surface area is 92.3 Å². The number of nitrogens with zero attached hydrogens (tertiary/aromatic N) is 1. The van der Waals surface area contributed by atoms with Crippen molar-refractivity contribution in [3.05, 3.63) is 35.5 Å². The minimum absolute atomic E-state index is 0.189. The van der Waals surface area contributed by atoms with E-state index in [2.05, 4.69) is 10.3 Å². The van der Waals surface area contributed by atoms with E-state index in [9.17, 15) is 8.78 Å². The number of nitrogens with one attached hydrogen (secondary N) is 1. The molecule has 0 radical (unpaired) electrons. The summed E-state index contributed by atoms with van der Waals surface area (Å²) in [4.78, 5) is 3.99. The Balaban J connectivity index is 2.79. The van der Waals surface area contributed by atoms with Crippen molar-refractivity contribution in [2.75, 3.05) is 12.4 Å². The SMILES string of the molecule is CNc1cc(C(F)F)nc2c(C)cccc12. The Morgan fingerprint density at radius 1 is 1.31 bits per heavy atom. The smallest absolute Gasteiger partial charge is 0.280 e. The number of aromatic nitrogens is 1. The van der Waals surface area contributed by atoms with Crippen LogP contribution in [0.1, 0.15) is 17.7 Å². The van der Waals surface area contributed by atoms with E-state index >= 15 is 0 Å². The number of rotatable bonds is 2. The summed E-state index contributed by atoms with van der Waals surface area (Å²) >= 11 is 0. The minimum atomic E-state index is -2.55. The van der Waals surface area contributed by atoms with E-state index in [-0.39, 0.29) is 5.69 Å². The Morgan fingerprint density at radius 2 is 2.06 bits per heavy atom. The van der Waals surface area contributed by atoms with Crippen LogP contribution in [-0.4, -0.2) is 12.0 Å². The van der Waals surface area contributed by atoms with Gasteiger partial charge in [-0.05, 0) is 18.6 Å². The molecule has 0 aliphatic heterocycles. The van der Waals surface area contributed by atoms with E-state index in [1.807, 2.05) is 25.1 Å². The minimum Gasteiger partial charge on any atom is -0.388 e. The molecule has 2 rings (SSSR count). The van der Waals surface area contributed by atoms with Gasteiger partial charge in [-0.2, -0.15) is 0 Å². The lowest BCUT2D eigenvalue weighted by molar-refractivity contribution is 0.146. The van der Waals surface area contributed by atoms with Gasteiger partial charge in [0.2, 0.25) is 0 Å². The number of hydrogen-bond donors (Lipinski definition) is 1. The van der Waals surface area contributed by atoms with Crippen LogP contribution in [-0.2, 0) is 0 Å². The van der Waals surface area contributed by atoms with Crippen LogP contribution in [0.25, 0.3) is 10.9 Å². The maximum absolute atomic E-state index is 12.7. The highest BCUT2D eigenvalue weighted by Gasteiger charge is 2.13. The molecular weight excluding hydrogens is 210 g/mol. The van der Waals surface area contributed by atoms with Crippen LogP contribution >= 0.6 is 0 Å². The molecule has 0 unspecified atom stereocenters. The van der Waals surface area contributed by atoms with Gasteiger partial charge in [-0.1, -0.05) is 18.2 Å². The van der Waals surface area contributed by atoms with Crippen LogP contribution in [0.2, 0.25) is 0 Å². The summed E-state index contributed by atoms with van der Waals surface area (Å²) < 4.78 is 25.3. The van der Waals surface area contributed by atoms with Crippen molar-refractivity contribution in [2.24, 2.45) is 0 Å². The molecule has 2 nitrogen and oxygen atoms in total. The van der Waals surface area contributed by atoms with Crippen molar-refractivity contribution in [1.29, 1.82) is 0 Å². The second-order valence-corrected chi connectivity index (χ2v) is 3.62. The number of para-hydroxylation sites is 1. The molecule has 0 bridgehead atoms. The second-order valence-electron chi connectivity index (χ2n) is 3.62. The lowest BCUT2D eigenvalue weighted by Gasteiger charge is -2.10. The monoisotopic (exact) mass is 222 g/mol. The molecule has 0 aliphatic carbocycles. The summed E-state index contributed by atoms with van der Waals surface area (Å²) in [5, 5.41) is 3.79. The summed E-state index contributed by atoms with van der Waals surface area (Å²) in [6.45, 7) is 1.87. The maximum atomic E-state index is 12.7. The molecule has 2 aromatic rings. The fourth-order valence-corrected chi connectivity index (χ4v) is 1.73. The van der Waals surface area contributed by atoms with Gasteiger partial charge < -0.3 is 5.32 Å². The summed E-state index contributed by atoms with van der Waals surface area (Å²) in [7, 11) is 1.71. The van der Waals surface area contributed by atoms with Crippen molar-refractivity contribution in [2.45, 2.75) is 13.3 Å². The van der Waals surface area contributed by atoms with E-state index in [0.717, 1.165) is 10.9 Å². The first kappa shape index (κ1) is 10.8. The third kappa shape index (κ3) is 1.71. The largest absolute Gasteiger partial charge is 0.388 e. The van der Waals surface area contributed by atoms with E-state index in [1.165, 1.54) is 6.07 Å². The first-order valence-corrected chi connectivity index (χ1v) is 4.99. The molecule has 0 fully saturated rings. The molecule has 1 heterocycles. The second kappa shape index (κ2) is 4.04. The van der Waals surface area contributed by atoms with Crippen LogP contribution < -0.4 is 5.32 Å². The lowest BCUT2D eigenvalue weighted by Crippen LogP contribution is -1.98. The highest BCUT2D eigenvalue weighted by Crippen LogP contribution is 2.28. The van der Waals surface area contributed by atoms with Gasteiger partial charge in [0.1, 0.15) is 5.69 Å². The Hall–Kier alpha value is -1.71. The molecule has 0 aliphatic rings. The molecule has 1 N–H and O–H groups in total. The van der Waals surface area contributed by atoms with Crippen LogP contribution in [0.5, 0.6) is 0 Å². The normalized spacial score (nSPS) is 11.1. The van der Waals surface area contributed by atoms with Gasteiger partial charge >= 0.3 is 0 Å². The average molecular weight is 222 g/mol. The van der Waals surface area contributed by atoms with Crippen molar-refractivity contribution in [1.82, 2.24) is 4.98 Å². The zero-order valence-electron chi connectivity index (χ0n) is 9.09. The highest BCUT2D eigenvalue weighted by molar-refractivity contribution is 5.93. The van der Waals surface area contributed by atoms with Gasteiger partial charge in [-0.15, -0.1) is 0 Å². The highest BCUT2D eigenvalue weighted by atomic mass is 19.3. The number of anilines is 1. The molecule has 1 aromatic heterocycles. The first-order chi connectivity index (χ1) is 7.63. The summed E-state index contributed by atoms with van der Waals surface area (Å²) in [5.74, 6) is 0. The van der Waals surface area contributed by atoms with Crippen molar-refractivity contribution < 1.29 is 8.78 Å². The Morgan fingerprint density at radius 3 is 2.69 bits per heavy atom. The molecular formula is C12H12F2N2. The van der Waals surface area contributed by atoms with Crippen molar-refractivity contribution in [3.8, 4) is 0 Å². The Bertz CT molecular complexity index is 524. The fraction of sp³-hybridized carbons (Fsp3) is 0.250. The number of alkyl halides is 2. The molecule has 16 heavy (non-hydrogen) atoms. The summed E-state index contributed by atoms with van der Waals surface area (Å²) in [6, 6.07) is 7.02. The topological polar surface area (TPSA) is 24.9 Å². The van der Waals surface area contributed by atoms with Gasteiger partial charge in [0.15, 0.2) is 0 Å². The predicted octanol–water partition coefficient (Wildman–Crippen LogP) is 3.52. The van der Waals surface area contributed by atoms with Crippen molar-refractivity contribution in [3.63, 3.8) is 0 Å². The molecule has 0 saturated carbocycles. The van der Waals surface area contributed by atoms with Gasteiger partial charge in [-0.25, -0.2) is 13.8 Å². The van der Waals surface area contributed by atoms with E-state index in [1.54, 1.807) is 7.05 Å². The molecule has 84 valence electrons. The molecule has 1 aromatic carbocycles. The van der Waals surface area contributed by atoms with Crippen LogP contribution in [0.3, 0.4) is 0 Å². The van der Waals surface area contributed by atoms with Crippen LogP contribution in [0.15, 0.2) is 24.3 Å². The van der Waals surface area contributed by atoms with Gasteiger partial charge in [-0.3, -0.25) is 0 Å². The zero-order valence-corrected chi connectivity index (χ0v) is 9.09. The molecule has 0 amide bonds. The third-order valence-electron chi connectivity index (χ3n) is 2.55. The lowest BCUT2D eigenvalue weighted by atomic mass is 10.1. The summed E-state index contributed by atoms with van der Waals surface area (Å²) in [5.41, 5.74) is 2.02. The zero-order chi connectivity index (χ0) is 11.7. The third-order valence-corrected chi connectivity index (χ3v) is 2.55. The van der Waals surface area contributed by atoms with Gasteiger partial charge in [0.25, 0.3) is 6.43 Å². The van der Waals surface area contributed by atoms with E-state index < -0.39 is 6.43 Å². The van der Waals surface area contributed by atoms with Gasteiger partial charge in [0, 0.05) is 18.1 Å². The number of hydrogen-bond acceptors (Lipinski definition) is 2. The molecule has 0 saturated heterocycles. The van der Waals surface area contributed by atoms with Crippen LogP contribution in [0, 0.1) is 6.92 Å². The van der Waals surface area contributed by atoms with Gasteiger partial charge in [0.05, 0.1) is 5.52 Å². The molecule has 0 spiro atoms. The molecule has 4 heteroatoms. The Kier molecular flexibility index (Phi) is 2.73.